The summed E-state index contributed by atoms with van der Waals surface area (Å²) in [5, 5.41) is 14.6. The van der Waals surface area contributed by atoms with Crippen molar-refractivity contribution >= 4 is 0 Å². The van der Waals surface area contributed by atoms with Crippen LogP contribution < -0.4 is 5.32 Å². The molecule has 0 amide bonds. The Morgan fingerprint density at radius 1 is 1.10 bits per heavy atom. The topological polar surface area (TPSA) is 32.3 Å². The fraction of sp³-hybridized carbons (Fsp3) is 1.00. The first-order valence-electron chi connectivity index (χ1n) is 9.17. The van der Waals surface area contributed by atoms with Crippen LogP contribution in [0.25, 0.3) is 0 Å². The largest absolute Gasteiger partial charge is 0.389 e. The van der Waals surface area contributed by atoms with Crippen molar-refractivity contribution in [3.63, 3.8) is 0 Å². The molecular weight excluding hydrogens is 258 g/mol. The molecule has 2 heteroatoms. The molecule has 3 atom stereocenters. The molecule has 2 rings (SSSR count). The Bertz CT molecular complexity index is 326. The zero-order valence-electron chi connectivity index (χ0n) is 14.9. The minimum atomic E-state index is -0.461. The van der Waals surface area contributed by atoms with Crippen LogP contribution in [0.5, 0.6) is 0 Å². The zero-order valence-corrected chi connectivity index (χ0v) is 14.9. The lowest BCUT2D eigenvalue weighted by atomic mass is 9.70. The van der Waals surface area contributed by atoms with Crippen LogP contribution in [0.1, 0.15) is 79.6 Å². The van der Waals surface area contributed by atoms with E-state index in [9.17, 15) is 5.11 Å². The highest BCUT2D eigenvalue weighted by Gasteiger charge is 2.38. The Kier molecular flexibility index (Phi) is 5.41. The van der Waals surface area contributed by atoms with Gasteiger partial charge >= 0.3 is 0 Å². The van der Waals surface area contributed by atoms with E-state index in [0.717, 1.165) is 50.0 Å². The SMILES string of the molecule is CC1CCC(C(C)C)C(NCC2(O)CCC(C)(C)CC2)C1. The minimum Gasteiger partial charge on any atom is -0.389 e. The number of hydrogen-bond donors (Lipinski definition) is 2. The van der Waals surface area contributed by atoms with Gasteiger partial charge in [0.05, 0.1) is 5.60 Å². The smallest absolute Gasteiger partial charge is 0.0772 e. The van der Waals surface area contributed by atoms with E-state index in [1.807, 2.05) is 0 Å². The molecule has 2 aliphatic rings. The molecule has 2 N–H and O–H groups in total. The highest BCUT2D eigenvalue weighted by Crippen LogP contribution is 2.40. The van der Waals surface area contributed by atoms with Crippen molar-refractivity contribution in [2.24, 2.45) is 23.2 Å². The molecule has 2 nitrogen and oxygen atoms in total. The first-order chi connectivity index (χ1) is 9.71. The Labute approximate surface area is 132 Å². The predicted octanol–water partition coefficient (Wildman–Crippen LogP) is 4.37. The average molecular weight is 296 g/mol. The number of rotatable bonds is 4. The van der Waals surface area contributed by atoms with Gasteiger partial charge in [-0.15, -0.1) is 0 Å². The summed E-state index contributed by atoms with van der Waals surface area (Å²) in [6, 6.07) is 0.604. The summed E-state index contributed by atoms with van der Waals surface area (Å²) < 4.78 is 0. The Morgan fingerprint density at radius 2 is 1.71 bits per heavy atom. The maximum atomic E-state index is 10.9. The lowest BCUT2D eigenvalue weighted by molar-refractivity contribution is -0.0296. The fourth-order valence-electron chi connectivity index (χ4n) is 4.33. The van der Waals surface area contributed by atoms with Crippen LogP contribution in [0.2, 0.25) is 0 Å². The molecule has 0 heterocycles. The van der Waals surface area contributed by atoms with Gasteiger partial charge in [-0.1, -0.05) is 41.0 Å². The van der Waals surface area contributed by atoms with Gasteiger partial charge in [-0.25, -0.2) is 0 Å². The second-order valence-electron chi connectivity index (χ2n) is 9.20. The summed E-state index contributed by atoms with van der Waals surface area (Å²) in [5.41, 5.74) is -0.0379. The second kappa shape index (κ2) is 6.58. The van der Waals surface area contributed by atoms with Crippen LogP contribution in [0.3, 0.4) is 0 Å². The van der Waals surface area contributed by atoms with Gasteiger partial charge in [0, 0.05) is 12.6 Å². The highest BCUT2D eigenvalue weighted by molar-refractivity contribution is 4.93. The van der Waals surface area contributed by atoms with Crippen LogP contribution in [0.4, 0.5) is 0 Å². The molecule has 2 saturated carbocycles. The number of nitrogens with one attached hydrogen (secondary N) is 1. The zero-order chi connectivity index (χ0) is 15.7. The molecule has 0 aliphatic heterocycles. The molecule has 0 bridgehead atoms. The van der Waals surface area contributed by atoms with E-state index >= 15 is 0 Å². The van der Waals surface area contributed by atoms with Crippen molar-refractivity contribution in [1.82, 2.24) is 5.32 Å². The first kappa shape index (κ1) is 17.3. The van der Waals surface area contributed by atoms with E-state index in [4.69, 9.17) is 0 Å². The average Bonchev–Trinajstić information content (AvgIpc) is 2.40. The van der Waals surface area contributed by atoms with Crippen LogP contribution in [-0.4, -0.2) is 23.3 Å². The Morgan fingerprint density at radius 3 is 2.29 bits per heavy atom. The molecule has 0 aromatic heterocycles. The highest BCUT2D eigenvalue weighted by atomic mass is 16.3. The maximum Gasteiger partial charge on any atom is 0.0772 e. The summed E-state index contributed by atoms with van der Waals surface area (Å²) in [4.78, 5) is 0. The summed E-state index contributed by atoms with van der Waals surface area (Å²) in [5.74, 6) is 2.36. The van der Waals surface area contributed by atoms with E-state index in [0.29, 0.717) is 11.5 Å². The van der Waals surface area contributed by atoms with E-state index in [-0.39, 0.29) is 0 Å². The van der Waals surface area contributed by atoms with Gasteiger partial charge in [-0.2, -0.15) is 0 Å². The first-order valence-corrected chi connectivity index (χ1v) is 9.17. The van der Waals surface area contributed by atoms with Crippen LogP contribution in [0.15, 0.2) is 0 Å². The summed E-state index contributed by atoms with van der Waals surface area (Å²) in [7, 11) is 0. The quantitative estimate of drug-likeness (QED) is 0.807. The van der Waals surface area contributed by atoms with E-state index < -0.39 is 5.60 Å². The molecule has 124 valence electrons. The van der Waals surface area contributed by atoms with Crippen LogP contribution in [-0.2, 0) is 0 Å². The Hall–Kier alpha value is -0.0800. The van der Waals surface area contributed by atoms with Gasteiger partial charge in [0.15, 0.2) is 0 Å². The van der Waals surface area contributed by atoms with Crippen LogP contribution >= 0.6 is 0 Å². The lowest BCUT2D eigenvalue weighted by Gasteiger charge is -2.43. The van der Waals surface area contributed by atoms with Gasteiger partial charge in [0.25, 0.3) is 0 Å². The molecule has 0 aromatic rings. The van der Waals surface area contributed by atoms with Gasteiger partial charge in [-0.05, 0) is 61.7 Å². The molecule has 0 aromatic carbocycles. The molecule has 3 unspecified atom stereocenters. The van der Waals surface area contributed by atoms with Crippen molar-refractivity contribution in [1.29, 1.82) is 0 Å². The standard InChI is InChI=1S/C19H37NO/c1-14(2)16-7-6-15(3)12-17(16)20-13-19(21)10-8-18(4,5)9-11-19/h14-17,20-21H,6-13H2,1-5H3. The van der Waals surface area contributed by atoms with Crippen molar-refractivity contribution in [3.8, 4) is 0 Å². The Balaban J connectivity index is 1.88. The van der Waals surface area contributed by atoms with Crippen molar-refractivity contribution in [2.75, 3.05) is 6.54 Å². The van der Waals surface area contributed by atoms with Gasteiger partial charge < -0.3 is 10.4 Å². The molecule has 2 aliphatic carbocycles. The maximum absolute atomic E-state index is 10.9. The van der Waals surface area contributed by atoms with Gasteiger partial charge in [-0.3, -0.25) is 0 Å². The molecule has 0 radical (unpaired) electrons. The molecular formula is C19H37NO. The van der Waals surface area contributed by atoms with Gasteiger partial charge in [0.2, 0.25) is 0 Å². The van der Waals surface area contributed by atoms with Crippen LogP contribution in [0, 0.1) is 23.2 Å². The normalized spacial score (nSPS) is 35.9. The predicted molar refractivity (Wildman–Crippen MR) is 90.3 cm³/mol. The summed E-state index contributed by atoms with van der Waals surface area (Å²) in [6.07, 6.45) is 8.23. The van der Waals surface area contributed by atoms with Crippen molar-refractivity contribution in [3.05, 3.63) is 0 Å². The minimum absolute atomic E-state index is 0.423. The second-order valence-corrected chi connectivity index (χ2v) is 9.20. The van der Waals surface area contributed by atoms with E-state index in [1.54, 1.807) is 0 Å². The monoisotopic (exact) mass is 295 g/mol. The lowest BCUT2D eigenvalue weighted by Crippen LogP contribution is -2.51. The van der Waals surface area contributed by atoms with Gasteiger partial charge in [0.1, 0.15) is 0 Å². The molecule has 0 saturated heterocycles. The summed E-state index contributed by atoms with van der Waals surface area (Å²) >= 11 is 0. The number of aliphatic hydroxyl groups is 1. The molecule has 2 fully saturated rings. The van der Waals surface area contributed by atoms with Crippen molar-refractivity contribution < 1.29 is 5.11 Å². The molecule has 0 spiro atoms. The fourth-order valence-corrected chi connectivity index (χ4v) is 4.33. The van der Waals surface area contributed by atoms with E-state index in [2.05, 4.69) is 39.9 Å². The third-order valence-electron chi connectivity index (χ3n) is 6.25. The van der Waals surface area contributed by atoms with Crippen molar-refractivity contribution in [2.45, 2.75) is 91.2 Å². The summed E-state index contributed by atoms with van der Waals surface area (Å²) in [6.45, 7) is 12.5. The third kappa shape index (κ3) is 4.69. The van der Waals surface area contributed by atoms with E-state index in [1.165, 1.54) is 19.3 Å². The third-order valence-corrected chi connectivity index (χ3v) is 6.25. The number of hydrogen-bond acceptors (Lipinski definition) is 2. The molecule has 21 heavy (non-hydrogen) atoms.